The fourth-order valence-electron chi connectivity index (χ4n) is 3.65. The van der Waals surface area contributed by atoms with Crippen molar-refractivity contribution >= 4 is 33.8 Å². The lowest BCUT2D eigenvalue weighted by atomic mass is 10.1. The Bertz CT molecular complexity index is 1090. The molecule has 4 rings (SSSR count). The highest BCUT2D eigenvalue weighted by Crippen LogP contribution is 2.46. The van der Waals surface area contributed by atoms with Crippen LogP contribution < -0.4 is 20.7 Å². The van der Waals surface area contributed by atoms with Crippen LogP contribution in [0.5, 0.6) is 5.75 Å². The summed E-state index contributed by atoms with van der Waals surface area (Å²) < 4.78 is 21.1. The fourth-order valence-corrected chi connectivity index (χ4v) is 6.45. The Morgan fingerprint density at radius 3 is 1.93 bits per heavy atom. The Balaban J connectivity index is 2.00. The second-order valence-electron chi connectivity index (χ2n) is 7.12. The van der Waals surface area contributed by atoms with Crippen LogP contribution >= 0.6 is 7.14 Å². The van der Waals surface area contributed by atoms with Crippen LogP contribution in [0.4, 0.5) is 0 Å². The van der Waals surface area contributed by atoms with E-state index in [4.69, 9.17) is 4.74 Å². The highest BCUT2D eigenvalue weighted by Gasteiger charge is 2.33. The highest BCUT2D eigenvalue weighted by atomic mass is 31.2. The zero-order valence-corrected chi connectivity index (χ0v) is 17.5. The third-order valence-electron chi connectivity index (χ3n) is 5.18. The van der Waals surface area contributed by atoms with Crippen LogP contribution in [-0.4, -0.2) is 6.61 Å². The summed E-state index contributed by atoms with van der Waals surface area (Å²) in [6.07, 6.45) is 2.01. The Morgan fingerprint density at radius 2 is 1.31 bits per heavy atom. The molecule has 0 radical (unpaired) electrons. The van der Waals surface area contributed by atoms with E-state index in [2.05, 4.69) is 25.1 Å². The van der Waals surface area contributed by atoms with E-state index in [-0.39, 0.29) is 0 Å². The lowest BCUT2D eigenvalue weighted by Crippen LogP contribution is -2.26. The molecule has 29 heavy (non-hydrogen) atoms. The summed E-state index contributed by atoms with van der Waals surface area (Å²) >= 11 is 0. The zero-order valence-electron chi connectivity index (χ0n) is 16.6. The van der Waals surface area contributed by atoms with Gasteiger partial charge in [-0.15, -0.1) is 0 Å². The van der Waals surface area contributed by atoms with Gasteiger partial charge in [-0.1, -0.05) is 104 Å². The molecule has 0 saturated heterocycles. The van der Waals surface area contributed by atoms with Crippen LogP contribution in [0.15, 0.2) is 97.1 Å². The lowest BCUT2D eigenvalue weighted by Gasteiger charge is -2.24. The van der Waals surface area contributed by atoms with E-state index >= 15 is 0 Å². The number of rotatable bonds is 7. The summed E-state index contributed by atoms with van der Waals surface area (Å²) in [5, 5.41) is 4.51. The van der Waals surface area contributed by atoms with E-state index in [0.717, 1.165) is 45.3 Å². The van der Waals surface area contributed by atoms with Gasteiger partial charge in [0.2, 0.25) is 0 Å². The summed E-state index contributed by atoms with van der Waals surface area (Å²) in [6.45, 7) is 2.76. The predicted octanol–water partition coefficient (Wildman–Crippen LogP) is 5.66. The first-order valence-corrected chi connectivity index (χ1v) is 11.8. The van der Waals surface area contributed by atoms with Crippen molar-refractivity contribution < 1.29 is 9.30 Å². The standard InChI is InChI=1S/C26H25O2P/c1-2-3-20-28-26-24-17-11-10-12-21(24)18-19-25(26)29(27,22-13-6-4-7-14-22)23-15-8-5-9-16-23/h4-19H,2-3,20H2,1H3. The number of unbranched alkanes of at least 4 members (excludes halogenated alkanes) is 1. The van der Waals surface area contributed by atoms with Crippen molar-refractivity contribution in [2.75, 3.05) is 6.61 Å². The van der Waals surface area contributed by atoms with Crippen molar-refractivity contribution in [3.8, 4) is 5.75 Å². The van der Waals surface area contributed by atoms with Gasteiger partial charge in [-0.25, -0.2) is 0 Å². The molecule has 0 N–H and O–H groups in total. The van der Waals surface area contributed by atoms with Gasteiger partial charge in [-0.05, 0) is 17.9 Å². The molecule has 0 spiro atoms. The molecule has 0 amide bonds. The summed E-state index contributed by atoms with van der Waals surface area (Å²) in [7, 11) is -3.09. The van der Waals surface area contributed by atoms with Crippen molar-refractivity contribution in [1.29, 1.82) is 0 Å². The molecule has 146 valence electrons. The van der Waals surface area contributed by atoms with Gasteiger partial charge in [0.15, 0.2) is 7.14 Å². The van der Waals surface area contributed by atoms with E-state index in [1.54, 1.807) is 0 Å². The van der Waals surface area contributed by atoms with E-state index in [1.165, 1.54) is 0 Å². The first-order chi connectivity index (χ1) is 14.2. The summed E-state index contributed by atoms with van der Waals surface area (Å²) in [6, 6.07) is 31.7. The topological polar surface area (TPSA) is 26.3 Å². The number of benzene rings is 4. The van der Waals surface area contributed by atoms with E-state index in [9.17, 15) is 4.57 Å². The van der Waals surface area contributed by atoms with Gasteiger partial charge in [-0.3, -0.25) is 0 Å². The first-order valence-electron chi connectivity index (χ1n) is 10.1. The van der Waals surface area contributed by atoms with Crippen molar-refractivity contribution in [2.45, 2.75) is 19.8 Å². The molecule has 4 aromatic carbocycles. The molecule has 0 aromatic heterocycles. The number of hydrogen-bond donors (Lipinski definition) is 0. The van der Waals surface area contributed by atoms with E-state index in [0.29, 0.717) is 6.61 Å². The van der Waals surface area contributed by atoms with Crippen LogP contribution in [0.2, 0.25) is 0 Å². The molecule has 0 aliphatic rings. The van der Waals surface area contributed by atoms with Crippen LogP contribution in [0, 0.1) is 0 Å². The summed E-state index contributed by atoms with van der Waals surface area (Å²) in [5.41, 5.74) is 0. The van der Waals surface area contributed by atoms with Gasteiger partial charge >= 0.3 is 0 Å². The third-order valence-corrected chi connectivity index (χ3v) is 8.26. The quantitative estimate of drug-likeness (QED) is 0.296. The minimum atomic E-state index is -3.09. The van der Waals surface area contributed by atoms with Crippen LogP contribution in [0.3, 0.4) is 0 Å². The number of fused-ring (bicyclic) bond motifs is 1. The van der Waals surface area contributed by atoms with Gasteiger partial charge in [0.1, 0.15) is 5.75 Å². The molecule has 0 heterocycles. The molecule has 0 unspecified atom stereocenters. The van der Waals surface area contributed by atoms with Crippen LogP contribution in [0.25, 0.3) is 10.8 Å². The number of hydrogen-bond acceptors (Lipinski definition) is 2. The minimum Gasteiger partial charge on any atom is -0.492 e. The minimum absolute atomic E-state index is 0.612. The van der Waals surface area contributed by atoms with Crippen LogP contribution in [0.1, 0.15) is 19.8 Å². The van der Waals surface area contributed by atoms with Crippen molar-refractivity contribution in [2.24, 2.45) is 0 Å². The molecule has 0 bridgehead atoms. The highest BCUT2D eigenvalue weighted by molar-refractivity contribution is 7.85. The second kappa shape index (κ2) is 8.68. The van der Waals surface area contributed by atoms with Gasteiger partial charge in [-0.2, -0.15) is 0 Å². The number of ether oxygens (including phenoxy) is 1. The van der Waals surface area contributed by atoms with Crippen molar-refractivity contribution in [3.63, 3.8) is 0 Å². The fraction of sp³-hybridized carbons (Fsp3) is 0.154. The Morgan fingerprint density at radius 1 is 0.724 bits per heavy atom. The average molecular weight is 400 g/mol. The zero-order chi connectivity index (χ0) is 20.1. The van der Waals surface area contributed by atoms with Gasteiger partial charge in [0.05, 0.1) is 11.9 Å². The molecular formula is C26H25O2P. The molecule has 0 saturated carbocycles. The summed E-state index contributed by atoms with van der Waals surface area (Å²) in [4.78, 5) is 0. The summed E-state index contributed by atoms with van der Waals surface area (Å²) in [5.74, 6) is 0.743. The van der Waals surface area contributed by atoms with E-state index in [1.807, 2.05) is 78.9 Å². The van der Waals surface area contributed by atoms with Crippen molar-refractivity contribution in [1.82, 2.24) is 0 Å². The Kier molecular flexibility index (Phi) is 5.83. The maximum absolute atomic E-state index is 14.8. The second-order valence-corrected chi connectivity index (χ2v) is 9.85. The third kappa shape index (κ3) is 3.73. The molecule has 0 fully saturated rings. The molecule has 0 aliphatic heterocycles. The lowest BCUT2D eigenvalue weighted by molar-refractivity contribution is 0.315. The van der Waals surface area contributed by atoms with Gasteiger partial charge < -0.3 is 9.30 Å². The largest absolute Gasteiger partial charge is 0.492 e. The Labute approximate surface area is 172 Å². The van der Waals surface area contributed by atoms with E-state index < -0.39 is 7.14 Å². The molecule has 2 nitrogen and oxygen atoms in total. The molecule has 0 atom stereocenters. The maximum atomic E-state index is 14.8. The molecule has 4 aromatic rings. The first kappa shape index (κ1) is 19.5. The molecule has 0 aliphatic carbocycles. The van der Waals surface area contributed by atoms with Crippen LogP contribution in [-0.2, 0) is 4.57 Å². The van der Waals surface area contributed by atoms with Gasteiger partial charge in [0.25, 0.3) is 0 Å². The monoisotopic (exact) mass is 400 g/mol. The molecule has 3 heteroatoms. The predicted molar refractivity (Wildman–Crippen MR) is 124 cm³/mol. The van der Waals surface area contributed by atoms with Crippen molar-refractivity contribution in [3.05, 3.63) is 97.1 Å². The van der Waals surface area contributed by atoms with Gasteiger partial charge in [0, 0.05) is 16.0 Å². The average Bonchev–Trinajstić information content (AvgIpc) is 2.80. The maximum Gasteiger partial charge on any atom is 0.174 e. The molecular weight excluding hydrogens is 375 g/mol. The smallest absolute Gasteiger partial charge is 0.174 e. The SMILES string of the molecule is CCCCOc1c(P(=O)(c2ccccc2)c2ccccc2)ccc2ccccc12. The Hall–Kier alpha value is -2.83. The normalized spacial score (nSPS) is 11.5.